The second-order valence-electron chi connectivity index (χ2n) is 5.66. The van der Waals surface area contributed by atoms with Crippen molar-refractivity contribution in [3.8, 4) is 0 Å². The molecule has 0 spiro atoms. The van der Waals surface area contributed by atoms with E-state index in [0.29, 0.717) is 11.3 Å². The van der Waals surface area contributed by atoms with Gasteiger partial charge >= 0.3 is 0 Å². The maximum absolute atomic E-state index is 12.8. The summed E-state index contributed by atoms with van der Waals surface area (Å²) >= 11 is 0. The fraction of sp³-hybridized carbons (Fsp3) is 0.0500. The number of para-hydroxylation sites is 1. The molecule has 0 unspecified atom stereocenters. The molecule has 2 aromatic carbocycles. The largest absolute Gasteiger partial charge is 0.320 e. The van der Waals surface area contributed by atoms with Gasteiger partial charge in [-0.15, -0.1) is 0 Å². The van der Waals surface area contributed by atoms with E-state index in [1.54, 1.807) is 6.20 Å². The molecule has 1 N–H and O–H groups in total. The number of hydrogen-bond acceptors (Lipinski definition) is 3. The van der Waals surface area contributed by atoms with Crippen LogP contribution >= 0.6 is 0 Å². The van der Waals surface area contributed by atoms with E-state index in [4.69, 9.17) is 0 Å². The first-order valence-corrected chi connectivity index (χ1v) is 7.74. The molecule has 0 fully saturated rings. The lowest BCUT2D eigenvalue weighted by atomic mass is 10.1. The number of carbonyl (C=O) groups excluding carboxylic acids is 1. The van der Waals surface area contributed by atoms with Crippen LogP contribution in [0.25, 0.3) is 21.8 Å². The van der Waals surface area contributed by atoms with Gasteiger partial charge in [0, 0.05) is 28.2 Å². The molecule has 0 aliphatic heterocycles. The molecule has 0 bridgehead atoms. The fourth-order valence-electron chi connectivity index (χ4n) is 2.84. The lowest BCUT2D eigenvalue weighted by Gasteiger charge is -2.10. The van der Waals surface area contributed by atoms with E-state index in [1.165, 1.54) is 0 Å². The van der Waals surface area contributed by atoms with Crippen molar-refractivity contribution >= 4 is 33.4 Å². The minimum absolute atomic E-state index is 0.163. The minimum Gasteiger partial charge on any atom is -0.320 e. The number of benzene rings is 2. The third-order valence-corrected chi connectivity index (χ3v) is 4.00. The average molecular weight is 313 g/mol. The van der Waals surface area contributed by atoms with Crippen molar-refractivity contribution in [2.24, 2.45) is 0 Å². The summed E-state index contributed by atoms with van der Waals surface area (Å²) in [7, 11) is 0. The summed E-state index contributed by atoms with van der Waals surface area (Å²) in [5.41, 5.74) is 3.83. The minimum atomic E-state index is -0.163. The molecule has 0 radical (unpaired) electrons. The monoisotopic (exact) mass is 313 g/mol. The Balaban J connectivity index is 1.78. The van der Waals surface area contributed by atoms with E-state index in [-0.39, 0.29) is 5.91 Å². The van der Waals surface area contributed by atoms with Gasteiger partial charge in [-0.3, -0.25) is 14.8 Å². The predicted octanol–water partition coefficient (Wildman–Crippen LogP) is 4.34. The number of rotatable bonds is 2. The number of aromatic nitrogens is 2. The van der Waals surface area contributed by atoms with E-state index < -0.39 is 0 Å². The summed E-state index contributed by atoms with van der Waals surface area (Å²) in [5, 5.41) is 4.82. The maximum atomic E-state index is 12.8. The van der Waals surface area contributed by atoms with Crippen molar-refractivity contribution in [1.82, 2.24) is 9.97 Å². The second kappa shape index (κ2) is 5.74. The molecular formula is C20H15N3O. The Morgan fingerprint density at radius 3 is 2.75 bits per heavy atom. The molecule has 116 valence electrons. The highest BCUT2D eigenvalue weighted by atomic mass is 16.1. The van der Waals surface area contributed by atoms with Crippen LogP contribution in [0.1, 0.15) is 16.1 Å². The molecule has 4 aromatic rings. The molecule has 2 aromatic heterocycles. The molecule has 1 amide bonds. The smallest absolute Gasteiger partial charge is 0.256 e. The summed E-state index contributed by atoms with van der Waals surface area (Å²) in [6, 6.07) is 19.0. The number of fused-ring (bicyclic) bond motifs is 2. The Morgan fingerprint density at radius 1 is 0.958 bits per heavy atom. The summed E-state index contributed by atoms with van der Waals surface area (Å²) in [6.45, 7) is 1.94. The maximum Gasteiger partial charge on any atom is 0.256 e. The standard InChI is InChI=1S/C20H15N3O/c1-13-10-11-14-5-2-9-18(19(14)22-13)23-20(24)16-6-3-8-17-15(16)7-4-12-21-17/h2-12H,1H3,(H,23,24). The molecule has 0 atom stereocenters. The highest BCUT2D eigenvalue weighted by molar-refractivity contribution is 6.14. The van der Waals surface area contributed by atoms with Crippen LogP contribution in [-0.2, 0) is 0 Å². The van der Waals surface area contributed by atoms with E-state index in [1.807, 2.05) is 67.6 Å². The van der Waals surface area contributed by atoms with Crippen molar-refractivity contribution in [3.05, 3.63) is 78.1 Å². The van der Waals surface area contributed by atoms with Gasteiger partial charge in [0.1, 0.15) is 0 Å². The van der Waals surface area contributed by atoms with Gasteiger partial charge in [0.2, 0.25) is 0 Å². The fourth-order valence-corrected chi connectivity index (χ4v) is 2.84. The van der Waals surface area contributed by atoms with Crippen molar-refractivity contribution in [3.63, 3.8) is 0 Å². The van der Waals surface area contributed by atoms with Gasteiger partial charge in [0.15, 0.2) is 0 Å². The Morgan fingerprint density at radius 2 is 1.83 bits per heavy atom. The third-order valence-electron chi connectivity index (χ3n) is 4.00. The zero-order valence-corrected chi connectivity index (χ0v) is 13.2. The number of pyridine rings is 2. The number of hydrogen-bond donors (Lipinski definition) is 1. The van der Waals surface area contributed by atoms with E-state index in [2.05, 4.69) is 15.3 Å². The first-order chi connectivity index (χ1) is 11.7. The third kappa shape index (κ3) is 2.48. The lowest BCUT2D eigenvalue weighted by molar-refractivity contribution is 0.102. The van der Waals surface area contributed by atoms with Gasteiger partial charge < -0.3 is 5.32 Å². The van der Waals surface area contributed by atoms with Gasteiger partial charge in [-0.1, -0.05) is 30.3 Å². The van der Waals surface area contributed by atoms with Gasteiger partial charge in [0.25, 0.3) is 5.91 Å². The summed E-state index contributed by atoms with van der Waals surface area (Å²) in [4.78, 5) is 21.6. The lowest BCUT2D eigenvalue weighted by Crippen LogP contribution is -2.13. The van der Waals surface area contributed by atoms with Crippen LogP contribution in [0.4, 0.5) is 5.69 Å². The Hall–Kier alpha value is -3.27. The SMILES string of the molecule is Cc1ccc2cccc(NC(=O)c3cccc4ncccc34)c2n1. The molecule has 24 heavy (non-hydrogen) atoms. The molecule has 4 nitrogen and oxygen atoms in total. The number of nitrogens with one attached hydrogen (secondary N) is 1. The van der Waals surface area contributed by atoms with Crippen LogP contribution in [-0.4, -0.2) is 15.9 Å². The van der Waals surface area contributed by atoms with Crippen molar-refractivity contribution in [2.45, 2.75) is 6.92 Å². The zero-order valence-electron chi connectivity index (χ0n) is 13.2. The first kappa shape index (κ1) is 14.3. The van der Waals surface area contributed by atoms with E-state index in [0.717, 1.165) is 27.5 Å². The number of aryl methyl sites for hydroxylation is 1. The molecule has 4 rings (SSSR count). The van der Waals surface area contributed by atoms with E-state index >= 15 is 0 Å². The predicted molar refractivity (Wildman–Crippen MR) is 96.2 cm³/mol. The van der Waals surface area contributed by atoms with Crippen molar-refractivity contribution in [1.29, 1.82) is 0 Å². The molecule has 0 saturated heterocycles. The Labute approximate surface area is 139 Å². The average Bonchev–Trinajstić information content (AvgIpc) is 2.61. The summed E-state index contributed by atoms with van der Waals surface area (Å²) < 4.78 is 0. The normalized spacial score (nSPS) is 10.9. The molecule has 0 aliphatic rings. The highest BCUT2D eigenvalue weighted by Gasteiger charge is 2.12. The molecule has 0 aliphatic carbocycles. The van der Waals surface area contributed by atoms with Crippen LogP contribution < -0.4 is 5.32 Å². The molecule has 4 heteroatoms. The molecular weight excluding hydrogens is 298 g/mol. The van der Waals surface area contributed by atoms with Crippen molar-refractivity contribution in [2.75, 3.05) is 5.32 Å². The van der Waals surface area contributed by atoms with Crippen molar-refractivity contribution < 1.29 is 4.79 Å². The number of anilines is 1. The molecule has 2 heterocycles. The molecule has 0 saturated carbocycles. The van der Waals surface area contributed by atoms with Gasteiger partial charge in [0.05, 0.1) is 16.7 Å². The van der Waals surface area contributed by atoms with Crippen LogP contribution in [0.2, 0.25) is 0 Å². The van der Waals surface area contributed by atoms with Crippen LogP contribution in [0.5, 0.6) is 0 Å². The quantitative estimate of drug-likeness (QED) is 0.599. The van der Waals surface area contributed by atoms with Gasteiger partial charge in [-0.05, 0) is 37.3 Å². The second-order valence-corrected chi connectivity index (χ2v) is 5.66. The number of amides is 1. The van der Waals surface area contributed by atoms with Gasteiger partial charge in [-0.2, -0.15) is 0 Å². The Kier molecular flexibility index (Phi) is 3.43. The Bertz CT molecular complexity index is 1070. The van der Waals surface area contributed by atoms with Gasteiger partial charge in [-0.25, -0.2) is 0 Å². The zero-order chi connectivity index (χ0) is 16.5. The highest BCUT2D eigenvalue weighted by Crippen LogP contribution is 2.24. The summed E-state index contributed by atoms with van der Waals surface area (Å²) in [6.07, 6.45) is 1.72. The topological polar surface area (TPSA) is 54.9 Å². The number of nitrogens with zero attached hydrogens (tertiary/aromatic N) is 2. The summed E-state index contributed by atoms with van der Waals surface area (Å²) in [5.74, 6) is -0.163. The van der Waals surface area contributed by atoms with E-state index in [9.17, 15) is 4.79 Å². The first-order valence-electron chi connectivity index (χ1n) is 7.74. The number of carbonyl (C=O) groups is 1. The van der Waals surface area contributed by atoms with Crippen LogP contribution in [0.3, 0.4) is 0 Å². The van der Waals surface area contributed by atoms with Crippen LogP contribution in [0.15, 0.2) is 66.9 Å². The van der Waals surface area contributed by atoms with Crippen LogP contribution in [0, 0.1) is 6.92 Å².